The van der Waals surface area contributed by atoms with Crippen LogP contribution in [-0.4, -0.2) is 38.3 Å². The van der Waals surface area contributed by atoms with Crippen molar-refractivity contribution in [2.45, 2.75) is 30.4 Å². The number of carbonyl (C=O) groups excluding carboxylic acids is 1. The van der Waals surface area contributed by atoms with Gasteiger partial charge in [0.25, 0.3) is 10.0 Å². The van der Waals surface area contributed by atoms with Gasteiger partial charge in [0.15, 0.2) is 0 Å². The third-order valence-electron chi connectivity index (χ3n) is 4.79. The summed E-state index contributed by atoms with van der Waals surface area (Å²) in [5.74, 6) is -0.472. The van der Waals surface area contributed by atoms with Crippen molar-refractivity contribution in [3.05, 3.63) is 50.8 Å². The lowest BCUT2D eigenvalue weighted by molar-refractivity contribution is -0.126. The second-order valence-corrected chi connectivity index (χ2v) is 11.1. The third kappa shape index (κ3) is 4.89. The SMILES string of the molecule is Cc1ccc(S(=O)(=O)N2CCCC(C(=O)NCCc3cccc(Cl)c3Cl)C2)s1. The number of hydrogen-bond acceptors (Lipinski definition) is 4. The van der Waals surface area contributed by atoms with Gasteiger partial charge in [0.05, 0.1) is 16.0 Å². The molecule has 1 saturated heterocycles. The average Bonchev–Trinajstić information content (AvgIpc) is 3.12. The summed E-state index contributed by atoms with van der Waals surface area (Å²) < 4.78 is 27.4. The molecule has 1 aromatic carbocycles. The minimum atomic E-state index is -3.54. The normalized spacial score (nSPS) is 18.2. The molecule has 1 aromatic heterocycles. The van der Waals surface area contributed by atoms with Gasteiger partial charge in [-0.2, -0.15) is 4.31 Å². The third-order valence-corrected chi connectivity index (χ3v) is 8.98. The van der Waals surface area contributed by atoms with Crippen LogP contribution in [0.2, 0.25) is 10.0 Å². The molecule has 0 bridgehead atoms. The van der Waals surface area contributed by atoms with E-state index in [2.05, 4.69) is 5.32 Å². The Bertz CT molecular complexity index is 960. The molecule has 0 radical (unpaired) electrons. The number of amides is 1. The average molecular weight is 461 g/mol. The van der Waals surface area contributed by atoms with Gasteiger partial charge in [-0.1, -0.05) is 35.3 Å². The smallest absolute Gasteiger partial charge is 0.252 e. The molecule has 1 amide bonds. The second kappa shape index (κ2) is 9.13. The standard InChI is InChI=1S/C19H22Cl2N2O3S2/c1-13-7-8-17(27-13)28(25,26)23-11-3-5-15(12-23)19(24)22-10-9-14-4-2-6-16(20)18(14)21/h2,4,6-8,15H,3,5,9-12H2,1H3,(H,22,24). The molecule has 3 rings (SSSR count). The van der Waals surface area contributed by atoms with Crippen LogP contribution >= 0.6 is 34.5 Å². The highest BCUT2D eigenvalue weighted by molar-refractivity contribution is 7.91. The van der Waals surface area contributed by atoms with Crippen LogP contribution in [0.1, 0.15) is 23.3 Å². The molecule has 0 spiro atoms. The molecule has 0 saturated carbocycles. The highest BCUT2D eigenvalue weighted by Gasteiger charge is 2.33. The maximum atomic E-state index is 12.8. The number of nitrogens with one attached hydrogen (secondary N) is 1. The van der Waals surface area contributed by atoms with Crippen LogP contribution in [0.5, 0.6) is 0 Å². The van der Waals surface area contributed by atoms with Gasteiger partial charge in [-0.3, -0.25) is 4.79 Å². The van der Waals surface area contributed by atoms with Crippen LogP contribution in [0.3, 0.4) is 0 Å². The summed E-state index contributed by atoms with van der Waals surface area (Å²) in [6.45, 7) is 2.96. The van der Waals surface area contributed by atoms with Crippen LogP contribution < -0.4 is 5.32 Å². The quantitative estimate of drug-likeness (QED) is 0.704. The van der Waals surface area contributed by atoms with Gasteiger partial charge in [0, 0.05) is 24.5 Å². The van der Waals surface area contributed by atoms with E-state index in [0.717, 1.165) is 10.4 Å². The predicted octanol–water partition coefficient (Wildman–Crippen LogP) is 4.12. The van der Waals surface area contributed by atoms with Crippen molar-refractivity contribution in [1.29, 1.82) is 0 Å². The lowest BCUT2D eigenvalue weighted by atomic mass is 9.99. The molecule has 1 atom stereocenters. The van der Waals surface area contributed by atoms with Crippen LogP contribution in [0, 0.1) is 12.8 Å². The van der Waals surface area contributed by atoms with E-state index in [1.54, 1.807) is 18.2 Å². The summed E-state index contributed by atoms with van der Waals surface area (Å²) in [6.07, 6.45) is 1.91. The van der Waals surface area contributed by atoms with Gasteiger partial charge in [-0.25, -0.2) is 8.42 Å². The van der Waals surface area contributed by atoms with E-state index in [4.69, 9.17) is 23.2 Å². The largest absolute Gasteiger partial charge is 0.355 e. The molecule has 5 nitrogen and oxygen atoms in total. The predicted molar refractivity (Wildman–Crippen MR) is 114 cm³/mol. The number of benzene rings is 1. The minimum absolute atomic E-state index is 0.125. The molecule has 1 aliphatic heterocycles. The number of rotatable bonds is 6. The Kier molecular flexibility index (Phi) is 7.04. The molecule has 2 aromatic rings. The molecule has 1 fully saturated rings. The zero-order chi connectivity index (χ0) is 20.3. The van der Waals surface area contributed by atoms with Crippen molar-refractivity contribution in [3.63, 3.8) is 0 Å². The Hall–Kier alpha value is -1.12. The summed E-state index contributed by atoms with van der Waals surface area (Å²) in [6, 6.07) is 8.85. The van der Waals surface area contributed by atoms with Crippen molar-refractivity contribution < 1.29 is 13.2 Å². The second-order valence-electron chi connectivity index (χ2n) is 6.82. The fourth-order valence-corrected chi connectivity index (χ4v) is 6.64. The van der Waals surface area contributed by atoms with E-state index in [-0.39, 0.29) is 18.4 Å². The van der Waals surface area contributed by atoms with Gasteiger partial charge in [-0.05, 0) is 49.9 Å². The molecular weight excluding hydrogens is 439 g/mol. The molecular formula is C19H22Cl2N2O3S2. The Morgan fingerprint density at radius 2 is 2.07 bits per heavy atom. The van der Waals surface area contributed by atoms with Crippen LogP contribution in [-0.2, 0) is 21.2 Å². The zero-order valence-corrected chi connectivity index (χ0v) is 18.6. The molecule has 28 heavy (non-hydrogen) atoms. The van der Waals surface area contributed by atoms with E-state index in [1.165, 1.54) is 15.6 Å². The topological polar surface area (TPSA) is 66.5 Å². The summed E-state index contributed by atoms with van der Waals surface area (Å²) in [4.78, 5) is 13.5. The number of thiophene rings is 1. The Morgan fingerprint density at radius 3 is 2.79 bits per heavy atom. The molecule has 2 heterocycles. The maximum Gasteiger partial charge on any atom is 0.252 e. The fourth-order valence-electron chi connectivity index (χ4n) is 3.26. The minimum Gasteiger partial charge on any atom is -0.355 e. The summed E-state index contributed by atoms with van der Waals surface area (Å²) in [7, 11) is -3.54. The number of piperidine rings is 1. The Labute approximate surface area is 179 Å². The number of sulfonamides is 1. The van der Waals surface area contributed by atoms with Crippen molar-refractivity contribution in [2.75, 3.05) is 19.6 Å². The van der Waals surface area contributed by atoms with E-state index >= 15 is 0 Å². The number of hydrogen-bond donors (Lipinski definition) is 1. The van der Waals surface area contributed by atoms with Gasteiger partial charge in [-0.15, -0.1) is 11.3 Å². The van der Waals surface area contributed by atoms with Crippen molar-refractivity contribution >= 4 is 50.5 Å². The van der Waals surface area contributed by atoms with Crippen LogP contribution in [0.15, 0.2) is 34.5 Å². The first-order valence-electron chi connectivity index (χ1n) is 9.06. The zero-order valence-electron chi connectivity index (χ0n) is 15.5. The number of aryl methyl sites for hydroxylation is 1. The van der Waals surface area contributed by atoms with Gasteiger partial charge in [0.1, 0.15) is 4.21 Å². The van der Waals surface area contributed by atoms with E-state index in [0.29, 0.717) is 46.6 Å². The van der Waals surface area contributed by atoms with Gasteiger partial charge in [0.2, 0.25) is 5.91 Å². The molecule has 9 heteroatoms. The first-order chi connectivity index (χ1) is 13.3. The number of nitrogens with zero attached hydrogens (tertiary/aromatic N) is 1. The van der Waals surface area contributed by atoms with Crippen molar-refractivity contribution in [2.24, 2.45) is 5.92 Å². The molecule has 1 N–H and O–H groups in total. The van der Waals surface area contributed by atoms with Crippen LogP contribution in [0.25, 0.3) is 0 Å². The monoisotopic (exact) mass is 460 g/mol. The maximum absolute atomic E-state index is 12.8. The summed E-state index contributed by atoms with van der Waals surface area (Å²) in [5.41, 5.74) is 0.871. The van der Waals surface area contributed by atoms with E-state index in [9.17, 15) is 13.2 Å². The van der Waals surface area contributed by atoms with Crippen molar-refractivity contribution in [1.82, 2.24) is 9.62 Å². The molecule has 0 aliphatic carbocycles. The number of halogens is 2. The number of carbonyl (C=O) groups is 1. The van der Waals surface area contributed by atoms with Gasteiger partial charge >= 0.3 is 0 Å². The lowest BCUT2D eigenvalue weighted by Crippen LogP contribution is -2.45. The first-order valence-corrected chi connectivity index (χ1v) is 12.1. The molecule has 152 valence electrons. The Balaban J connectivity index is 1.58. The fraction of sp³-hybridized carbons (Fsp3) is 0.421. The van der Waals surface area contributed by atoms with Crippen molar-refractivity contribution in [3.8, 4) is 0 Å². The molecule has 1 aliphatic rings. The Morgan fingerprint density at radius 1 is 1.29 bits per heavy atom. The summed E-state index contributed by atoms with van der Waals surface area (Å²) >= 11 is 13.4. The van der Waals surface area contributed by atoms with Gasteiger partial charge < -0.3 is 5.32 Å². The van der Waals surface area contributed by atoms with Crippen LogP contribution in [0.4, 0.5) is 0 Å². The van der Waals surface area contributed by atoms with E-state index < -0.39 is 10.0 Å². The molecule has 1 unspecified atom stereocenters. The van der Waals surface area contributed by atoms with E-state index in [1.807, 2.05) is 19.1 Å². The lowest BCUT2D eigenvalue weighted by Gasteiger charge is -2.30. The highest BCUT2D eigenvalue weighted by Crippen LogP contribution is 2.28. The highest BCUT2D eigenvalue weighted by atomic mass is 35.5. The summed E-state index contributed by atoms with van der Waals surface area (Å²) in [5, 5.41) is 3.89. The first kappa shape index (κ1) is 21.6.